The number of esters is 1. The lowest BCUT2D eigenvalue weighted by molar-refractivity contribution is -0.149. The molecule has 3 aromatic rings. The second-order valence-electron chi connectivity index (χ2n) is 9.32. The Morgan fingerprint density at radius 1 is 1.27 bits per heavy atom. The van der Waals surface area contributed by atoms with Crippen molar-refractivity contribution in [3.05, 3.63) is 36.7 Å². The average Bonchev–Trinajstić information content (AvgIpc) is 3.41. The van der Waals surface area contributed by atoms with Crippen molar-refractivity contribution in [3.8, 4) is 11.6 Å². The number of ether oxygens (including phenoxy) is 3. The summed E-state index contributed by atoms with van der Waals surface area (Å²) >= 11 is 13.1. The van der Waals surface area contributed by atoms with Gasteiger partial charge in [0, 0.05) is 0 Å². The number of halogens is 2. The lowest BCUT2D eigenvalue weighted by Crippen LogP contribution is -2.39. The van der Waals surface area contributed by atoms with E-state index in [9.17, 15) is 14.5 Å². The Balaban J connectivity index is 1.56. The standard InChI is InChI=1S/C24H31Cl2N6O8P/c1-5-36-20-17-19(29-23(27)30-20)32(12-28-17)22-24(25,26)18(33)16(39-22)11-37-41(35,40-15-9-7-6-8-10-15)31-14(4)21(34)38-13(2)3/h6-10,12-14,16,18,22,33H,5,11H2,1-4H3,(H,31,35)(H2,27,29,30)/t14-,16+,18+,22+,41+/m0/s1. The largest absolute Gasteiger partial charge is 0.476 e. The summed E-state index contributed by atoms with van der Waals surface area (Å²) in [7, 11) is -4.26. The molecule has 0 unspecified atom stereocenters. The van der Waals surface area contributed by atoms with Gasteiger partial charge in [-0.25, -0.2) is 9.55 Å². The quantitative estimate of drug-likeness (QED) is 0.150. The van der Waals surface area contributed by atoms with Crippen molar-refractivity contribution in [2.24, 2.45) is 0 Å². The fourth-order valence-electron chi connectivity index (χ4n) is 3.93. The number of benzene rings is 1. The number of nitrogens with zero attached hydrogens (tertiary/aromatic N) is 4. The lowest BCUT2D eigenvalue weighted by atomic mass is 10.2. The SMILES string of the molecule is CCOc1nc(N)nc2c1ncn2[C@@H]1O[C@H](CO[P@](=O)(N[C@@H](C)C(=O)OC(C)C)Oc2ccccc2)[C@@H](O)C1(Cl)Cl. The Hall–Kier alpha value is -2.71. The van der Waals surface area contributed by atoms with Crippen LogP contribution in [0.25, 0.3) is 11.2 Å². The molecule has 3 heterocycles. The zero-order valence-corrected chi connectivity index (χ0v) is 25.0. The molecule has 4 rings (SSSR count). The predicted octanol–water partition coefficient (Wildman–Crippen LogP) is 3.37. The molecule has 41 heavy (non-hydrogen) atoms. The van der Waals surface area contributed by atoms with Crippen LogP contribution in [-0.4, -0.2) is 72.5 Å². The number of nitrogen functional groups attached to an aromatic ring is 1. The van der Waals surface area contributed by atoms with E-state index in [2.05, 4.69) is 20.0 Å². The summed E-state index contributed by atoms with van der Waals surface area (Å²) in [6.45, 7) is 6.38. The highest BCUT2D eigenvalue weighted by atomic mass is 35.5. The number of nitrogens with two attached hydrogens (primary N) is 1. The number of hydrogen-bond donors (Lipinski definition) is 3. The fraction of sp³-hybridized carbons (Fsp3) is 0.500. The minimum absolute atomic E-state index is 0.0916. The number of para-hydroxylation sites is 1. The summed E-state index contributed by atoms with van der Waals surface area (Å²) in [6.07, 6.45) is -3.02. The van der Waals surface area contributed by atoms with Crippen LogP contribution < -0.4 is 20.1 Å². The molecular weight excluding hydrogens is 602 g/mol. The zero-order chi connectivity index (χ0) is 29.9. The summed E-state index contributed by atoms with van der Waals surface area (Å²) in [5.74, 6) is -0.407. The number of carbonyl (C=O) groups excluding carboxylic acids is 1. The van der Waals surface area contributed by atoms with Gasteiger partial charge in [0.05, 0.1) is 25.6 Å². The number of aliphatic hydroxyl groups is 1. The topological polar surface area (TPSA) is 182 Å². The van der Waals surface area contributed by atoms with Crippen LogP contribution in [-0.2, 0) is 23.4 Å². The van der Waals surface area contributed by atoms with Crippen molar-refractivity contribution in [1.82, 2.24) is 24.6 Å². The first-order chi connectivity index (χ1) is 19.3. The monoisotopic (exact) mass is 632 g/mol. The zero-order valence-electron chi connectivity index (χ0n) is 22.6. The van der Waals surface area contributed by atoms with Crippen molar-refractivity contribution in [2.45, 2.75) is 62.6 Å². The molecule has 0 spiro atoms. The first-order valence-corrected chi connectivity index (χ1v) is 15.0. The molecule has 0 radical (unpaired) electrons. The van der Waals surface area contributed by atoms with E-state index in [1.807, 2.05) is 0 Å². The third-order valence-electron chi connectivity index (χ3n) is 5.75. The minimum atomic E-state index is -4.26. The van der Waals surface area contributed by atoms with E-state index >= 15 is 0 Å². The molecule has 0 bridgehead atoms. The van der Waals surface area contributed by atoms with Crippen LogP contribution in [0.1, 0.15) is 33.9 Å². The molecule has 14 nitrogen and oxygen atoms in total. The summed E-state index contributed by atoms with van der Waals surface area (Å²) in [6, 6.07) is 7.13. The van der Waals surface area contributed by atoms with Crippen LogP contribution in [0.2, 0.25) is 0 Å². The van der Waals surface area contributed by atoms with Gasteiger partial charge in [0.25, 0.3) is 0 Å². The van der Waals surface area contributed by atoms with Crippen molar-refractivity contribution < 1.29 is 37.7 Å². The van der Waals surface area contributed by atoms with E-state index < -0.39 is 55.2 Å². The Morgan fingerprint density at radius 2 is 1.98 bits per heavy atom. The first-order valence-electron chi connectivity index (χ1n) is 12.7. The molecule has 1 aromatic carbocycles. The van der Waals surface area contributed by atoms with Gasteiger partial charge in [-0.05, 0) is 39.8 Å². The Morgan fingerprint density at radius 3 is 2.63 bits per heavy atom. The maximum absolute atomic E-state index is 13.8. The third-order valence-corrected chi connectivity index (χ3v) is 8.22. The normalized spacial score (nSPS) is 22.4. The maximum atomic E-state index is 13.8. The van der Waals surface area contributed by atoms with Crippen molar-refractivity contribution in [2.75, 3.05) is 18.9 Å². The van der Waals surface area contributed by atoms with Crippen LogP contribution in [0.5, 0.6) is 11.6 Å². The molecular formula is C24H31Cl2N6O8P. The molecule has 1 fully saturated rings. The van der Waals surface area contributed by atoms with Gasteiger partial charge in [0.1, 0.15) is 24.0 Å². The number of nitrogens with one attached hydrogen (secondary N) is 1. The highest BCUT2D eigenvalue weighted by Gasteiger charge is 2.56. The van der Waals surface area contributed by atoms with E-state index in [1.165, 1.54) is 17.8 Å². The van der Waals surface area contributed by atoms with E-state index in [-0.39, 0.29) is 28.7 Å². The van der Waals surface area contributed by atoms with Crippen LogP contribution in [0.3, 0.4) is 0 Å². The van der Waals surface area contributed by atoms with E-state index in [1.54, 1.807) is 51.1 Å². The molecule has 0 aliphatic carbocycles. The van der Waals surface area contributed by atoms with Crippen molar-refractivity contribution in [3.63, 3.8) is 0 Å². The number of hydrogen-bond acceptors (Lipinski definition) is 12. The Bertz CT molecular complexity index is 1410. The van der Waals surface area contributed by atoms with Crippen LogP contribution in [0.4, 0.5) is 5.95 Å². The molecule has 224 valence electrons. The highest BCUT2D eigenvalue weighted by Crippen LogP contribution is 2.50. The Labute approximate surface area is 246 Å². The average molecular weight is 633 g/mol. The van der Waals surface area contributed by atoms with Crippen LogP contribution >= 0.6 is 30.9 Å². The molecule has 5 atom stereocenters. The van der Waals surface area contributed by atoms with E-state index in [0.717, 1.165) is 0 Å². The van der Waals surface area contributed by atoms with Gasteiger partial charge in [-0.1, -0.05) is 41.4 Å². The molecule has 2 aromatic heterocycles. The summed E-state index contributed by atoms with van der Waals surface area (Å²) < 4.78 is 41.2. The van der Waals surface area contributed by atoms with Crippen molar-refractivity contribution >= 4 is 54.0 Å². The minimum Gasteiger partial charge on any atom is -0.476 e. The molecule has 0 saturated carbocycles. The number of imidazole rings is 1. The number of aliphatic hydroxyl groups excluding tert-OH is 1. The number of fused-ring (bicyclic) bond motifs is 1. The molecule has 4 N–H and O–H groups in total. The lowest BCUT2D eigenvalue weighted by Gasteiger charge is -2.25. The van der Waals surface area contributed by atoms with Gasteiger partial charge in [-0.2, -0.15) is 15.1 Å². The summed E-state index contributed by atoms with van der Waals surface area (Å²) in [5.41, 5.74) is 6.32. The van der Waals surface area contributed by atoms with Gasteiger partial charge in [-0.3, -0.25) is 13.9 Å². The van der Waals surface area contributed by atoms with Gasteiger partial charge in [-0.15, -0.1) is 0 Å². The van der Waals surface area contributed by atoms with Crippen LogP contribution in [0, 0.1) is 0 Å². The fourth-order valence-corrected chi connectivity index (χ4v) is 6.02. The number of anilines is 1. The molecule has 1 saturated heterocycles. The smallest absolute Gasteiger partial charge is 0.459 e. The van der Waals surface area contributed by atoms with Crippen molar-refractivity contribution in [1.29, 1.82) is 0 Å². The molecule has 1 aliphatic rings. The van der Waals surface area contributed by atoms with Gasteiger partial charge < -0.3 is 29.6 Å². The third kappa shape index (κ3) is 7.03. The van der Waals surface area contributed by atoms with Gasteiger partial charge >= 0.3 is 13.7 Å². The highest BCUT2D eigenvalue weighted by molar-refractivity contribution is 7.52. The second-order valence-corrected chi connectivity index (χ2v) is 12.5. The first kappa shape index (κ1) is 31.2. The van der Waals surface area contributed by atoms with E-state index in [4.69, 9.17) is 52.2 Å². The summed E-state index contributed by atoms with van der Waals surface area (Å²) in [5, 5.41) is 13.6. The number of aromatic nitrogens is 4. The summed E-state index contributed by atoms with van der Waals surface area (Å²) in [4.78, 5) is 24.9. The maximum Gasteiger partial charge on any atom is 0.459 e. The Kier molecular flexibility index (Phi) is 9.64. The molecule has 17 heteroatoms. The molecule has 1 aliphatic heterocycles. The van der Waals surface area contributed by atoms with E-state index in [0.29, 0.717) is 6.61 Å². The second kappa shape index (κ2) is 12.7. The van der Waals surface area contributed by atoms with Gasteiger partial charge in [0.15, 0.2) is 21.7 Å². The number of carbonyl (C=O) groups is 1. The number of alkyl halides is 2. The van der Waals surface area contributed by atoms with Gasteiger partial charge in [0.2, 0.25) is 11.8 Å². The molecule has 0 amide bonds. The predicted molar refractivity (Wildman–Crippen MR) is 150 cm³/mol. The van der Waals surface area contributed by atoms with Crippen LogP contribution in [0.15, 0.2) is 36.7 Å². The number of rotatable bonds is 12.